The van der Waals surface area contributed by atoms with Crippen LogP contribution in [0, 0.1) is 6.92 Å². The van der Waals surface area contributed by atoms with E-state index < -0.39 is 0 Å². The number of hydrogen-bond acceptors (Lipinski definition) is 1. The number of nitrogens with one attached hydrogen (secondary N) is 1. The second-order valence-corrected chi connectivity index (χ2v) is 3.94. The summed E-state index contributed by atoms with van der Waals surface area (Å²) in [6, 6.07) is 9.88. The lowest BCUT2D eigenvalue weighted by Gasteiger charge is -1.94. The molecule has 2 rings (SSSR count). The molecule has 1 N–H and O–H groups in total. The molecule has 0 bridgehead atoms. The van der Waals surface area contributed by atoms with Crippen molar-refractivity contribution in [3.05, 3.63) is 41.3 Å². The van der Waals surface area contributed by atoms with Crippen LogP contribution in [-0.4, -0.2) is 9.97 Å². The van der Waals surface area contributed by atoms with Gasteiger partial charge in [0, 0.05) is 5.56 Å². The molecule has 0 aliphatic heterocycles. The van der Waals surface area contributed by atoms with E-state index in [1.165, 1.54) is 6.42 Å². The smallest absolute Gasteiger partial charge is 0.134 e. The van der Waals surface area contributed by atoms with Crippen LogP contribution in [0.3, 0.4) is 0 Å². The van der Waals surface area contributed by atoms with E-state index >= 15 is 0 Å². The van der Waals surface area contributed by atoms with E-state index in [1.54, 1.807) is 0 Å². The summed E-state index contributed by atoms with van der Waals surface area (Å²) in [6.45, 7) is 6.14. The van der Waals surface area contributed by atoms with Gasteiger partial charge in [0.05, 0.1) is 0 Å². The lowest BCUT2D eigenvalue weighted by molar-refractivity contribution is 1.09. The van der Waals surface area contributed by atoms with E-state index in [0.717, 1.165) is 17.1 Å². The summed E-state index contributed by atoms with van der Waals surface area (Å²) < 4.78 is 0. The maximum atomic E-state index is 5.96. The second-order valence-electron chi connectivity index (χ2n) is 3.56. The van der Waals surface area contributed by atoms with Crippen molar-refractivity contribution in [2.45, 2.75) is 27.2 Å². The molecule has 0 saturated carbocycles. The summed E-state index contributed by atoms with van der Waals surface area (Å²) in [5, 5.41) is 0.601. The van der Waals surface area contributed by atoms with E-state index in [4.69, 9.17) is 11.6 Å². The summed E-state index contributed by atoms with van der Waals surface area (Å²) >= 11 is 5.96. The highest BCUT2D eigenvalue weighted by Gasteiger charge is 2.06. The molecule has 0 aliphatic carbocycles. The van der Waals surface area contributed by atoms with Gasteiger partial charge in [-0.25, -0.2) is 4.98 Å². The SMILES string of the molecule is CCC.Cc1nc(-c2ccccc2)c(Cl)[nH]1. The molecule has 16 heavy (non-hydrogen) atoms. The van der Waals surface area contributed by atoms with Gasteiger partial charge in [0.2, 0.25) is 0 Å². The van der Waals surface area contributed by atoms with Crippen molar-refractivity contribution in [1.29, 1.82) is 0 Å². The Balaban J connectivity index is 0.000000386. The Hall–Kier alpha value is -1.28. The maximum absolute atomic E-state index is 5.96. The number of aryl methyl sites for hydroxylation is 1. The van der Waals surface area contributed by atoms with Gasteiger partial charge in [0.1, 0.15) is 16.7 Å². The third kappa shape index (κ3) is 3.38. The minimum absolute atomic E-state index is 0.601. The average molecular weight is 237 g/mol. The Morgan fingerprint density at radius 1 is 1.19 bits per heavy atom. The Labute approximate surface area is 102 Å². The maximum Gasteiger partial charge on any atom is 0.134 e. The minimum atomic E-state index is 0.601. The number of imidazole rings is 1. The Morgan fingerprint density at radius 3 is 2.19 bits per heavy atom. The van der Waals surface area contributed by atoms with Crippen LogP contribution < -0.4 is 0 Å². The number of halogens is 1. The van der Waals surface area contributed by atoms with Crippen molar-refractivity contribution in [3.8, 4) is 11.3 Å². The predicted molar refractivity (Wildman–Crippen MR) is 69.7 cm³/mol. The standard InChI is InChI=1S/C10H9ClN2.C3H8/c1-7-12-9(10(11)13-7)8-5-3-2-4-6-8;1-3-2/h2-6H,1H3,(H,12,13);3H2,1-2H3. The van der Waals surface area contributed by atoms with Crippen molar-refractivity contribution >= 4 is 11.6 Å². The third-order valence-electron chi connectivity index (χ3n) is 1.83. The van der Waals surface area contributed by atoms with Crippen LogP contribution in [-0.2, 0) is 0 Å². The third-order valence-corrected chi connectivity index (χ3v) is 2.10. The van der Waals surface area contributed by atoms with E-state index in [1.807, 2.05) is 37.3 Å². The molecule has 1 heterocycles. The van der Waals surface area contributed by atoms with Crippen LogP contribution in [0.2, 0.25) is 5.15 Å². The molecule has 0 unspecified atom stereocenters. The summed E-state index contributed by atoms with van der Waals surface area (Å²) in [7, 11) is 0. The fraction of sp³-hybridized carbons (Fsp3) is 0.308. The van der Waals surface area contributed by atoms with Crippen molar-refractivity contribution in [2.24, 2.45) is 0 Å². The first-order chi connectivity index (χ1) is 7.69. The van der Waals surface area contributed by atoms with Crippen LogP contribution in [0.5, 0.6) is 0 Å². The molecule has 1 aromatic carbocycles. The molecular formula is C13H17ClN2. The molecule has 0 radical (unpaired) electrons. The van der Waals surface area contributed by atoms with Crippen molar-refractivity contribution in [2.75, 3.05) is 0 Å². The largest absolute Gasteiger partial charge is 0.333 e. The van der Waals surface area contributed by atoms with Crippen LogP contribution in [0.25, 0.3) is 11.3 Å². The molecule has 1 aromatic heterocycles. The van der Waals surface area contributed by atoms with Gasteiger partial charge in [-0.15, -0.1) is 0 Å². The highest BCUT2D eigenvalue weighted by Crippen LogP contribution is 2.24. The first kappa shape index (κ1) is 12.8. The molecule has 3 heteroatoms. The van der Waals surface area contributed by atoms with Gasteiger partial charge in [0.15, 0.2) is 0 Å². The van der Waals surface area contributed by atoms with E-state index in [0.29, 0.717) is 5.15 Å². The average Bonchev–Trinajstić information content (AvgIpc) is 2.60. The van der Waals surface area contributed by atoms with Gasteiger partial charge in [-0.3, -0.25) is 0 Å². The van der Waals surface area contributed by atoms with Crippen LogP contribution in [0.1, 0.15) is 26.1 Å². The number of rotatable bonds is 1. The number of aromatic amines is 1. The molecule has 2 aromatic rings. The van der Waals surface area contributed by atoms with Gasteiger partial charge in [-0.05, 0) is 6.92 Å². The van der Waals surface area contributed by atoms with E-state index in [-0.39, 0.29) is 0 Å². The van der Waals surface area contributed by atoms with Gasteiger partial charge in [0.25, 0.3) is 0 Å². The van der Waals surface area contributed by atoms with Crippen molar-refractivity contribution < 1.29 is 0 Å². The van der Waals surface area contributed by atoms with Gasteiger partial charge < -0.3 is 4.98 Å². The Bertz CT molecular complexity index is 421. The summed E-state index contributed by atoms with van der Waals surface area (Å²) in [6.07, 6.45) is 1.25. The highest BCUT2D eigenvalue weighted by atomic mass is 35.5. The van der Waals surface area contributed by atoms with Gasteiger partial charge in [-0.1, -0.05) is 62.2 Å². The monoisotopic (exact) mass is 236 g/mol. The Morgan fingerprint density at radius 2 is 1.75 bits per heavy atom. The zero-order chi connectivity index (χ0) is 12.0. The van der Waals surface area contributed by atoms with Gasteiger partial charge >= 0.3 is 0 Å². The first-order valence-electron chi connectivity index (χ1n) is 5.46. The summed E-state index contributed by atoms with van der Waals surface area (Å²) in [4.78, 5) is 7.25. The fourth-order valence-electron chi connectivity index (χ4n) is 1.25. The highest BCUT2D eigenvalue weighted by molar-refractivity contribution is 6.31. The first-order valence-corrected chi connectivity index (χ1v) is 5.84. The molecule has 0 atom stereocenters. The minimum Gasteiger partial charge on any atom is -0.333 e. The molecule has 86 valence electrons. The molecule has 0 spiro atoms. The van der Waals surface area contributed by atoms with Crippen LogP contribution in [0.4, 0.5) is 0 Å². The molecule has 0 saturated heterocycles. The molecular weight excluding hydrogens is 220 g/mol. The lowest BCUT2D eigenvalue weighted by Crippen LogP contribution is -1.77. The fourth-order valence-corrected chi connectivity index (χ4v) is 1.54. The second kappa shape index (κ2) is 6.33. The predicted octanol–water partition coefficient (Wildman–Crippen LogP) is 4.45. The Kier molecular flexibility index (Phi) is 5.06. The lowest BCUT2D eigenvalue weighted by atomic mass is 10.2. The summed E-state index contributed by atoms with van der Waals surface area (Å²) in [5.41, 5.74) is 1.86. The van der Waals surface area contributed by atoms with Gasteiger partial charge in [-0.2, -0.15) is 0 Å². The molecule has 0 fully saturated rings. The zero-order valence-electron chi connectivity index (χ0n) is 9.92. The quantitative estimate of drug-likeness (QED) is 0.778. The molecule has 2 nitrogen and oxygen atoms in total. The zero-order valence-corrected chi connectivity index (χ0v) is 10.7. The topological polar surface area (TPSA) is 28.7 Å². The number of aromatic nitrogens is 2. The van der Waals surface area contributed by atoms with Crippen LogP contribution in [0.15, 0.2) is 30.3 Å². The molecule has 0 amide bonds. The summed E-state index contributed by atoms with van der Waals surface area (Å²) in [5.74, 6) is 0.837. The van der Waals surface area contributed by atoms with Crippen LogP contribution >= 0.6 is 11.6 Å². The molecule has 0 aliphatic rings. The van der Waals surface area contributed by atoms with E-state index in [9.17, 15) is 0 Å². The number of hydrogen-bond donors (Lipinski definition) is 1. The number of benzene rings is 1. The normalized spacial score (nSPS) is 9.50. The van der Waals surface area contributed by atoms with E-state index in [2.05, 4.69) is 23.8 Å². The number of H-pyrrole nitrogens is 1. The number of nitrogens with zero attached hydrogens (tertiary/aromatic N) is 1. The van der Waals surface area contributed by atoms with Crippen molar-refractivity contribution in [1.82, 2.24) is 9.97 Å². The van der Waals surface area contributed by atoms with Crippen molar-refractivity contribution in [3.63, 3.8) is 0 Å².